The third kappa shape index (κ3) is 3.31. The Morgan fingerprint density at radius 1 is 1.10 bits per heavy atom. The molecule has 0 aliphatic rings. The van der Waals surface area contributed by atoms with E-state index in [1.165, 1.54) is 21.3 Å². The third-order valence-corrected chi connectivity index (χ3v) is 3.07. The molecule has 0 amide bonds. The van der Waals surface area contributed by atoms with Crippen molar-refractivity contribution in [3.05, 3.63) is 47.8 Å². The Labute approximate surface area is 123 Å². The highest BCUT2D eigenvalue weighted by Crippen LogP contribution is 2.38. The Morgan fingerprint density at radius 3 is 2.24 bits per heavy atom. The first kappa shape index (κ1) is 14.8. The Morgan fingerprint density at radius 2 is 1.76 bits per heavy atom. The van der Waals surface area contributed by atoms with Crippen molar-refractivity contribution in [3.63, 3.8) is 0 Å². The summed E-state index contributed by atoms with van der Waals surface area (Å²) in [6.07, 6.45) is 3.62. The summed E-state index contributed by atoms with van der Waals surface area (Å²) in [6.45, 7) is 0. The van der Waals surface area contributed by atoms with Gasteiger partial charge in [-0.1, -0.05) is 6.07 Å². The van der Waals surface area contributed by atoms with Crippen molar-refractivity contribution in [1.29, 1.82) is 0 Å². The molecule has 1 aromatic heterocycles. The highest BCUT2D eigenvalue weighted by molar-refractivity contribution is 5.98. The second kappa shape index (κ2) is 6.74. The Kier molecular flexibility index (Phi) is 4.77. The van der Waals surface area contributed by atoms with Gasteiger partial charge in [-0.2, -0.15) is 0 Å². The quantitative estimate of drug-likeness (QED) is 0.764. The van der Waals surface area contributed by atoms with Gasteiger partial charge in [0.15, 0.2) is 17.3 Å². The van der Waals surface area contributed by atoms with E-state index in [1.807, 2.05) is 6.07 Å². The van der Waals surface area contributed by atoms with Gasteiger partial charge in [0.05, 0.1) is 21.3 Å². The largest absolute Gasteiger partial charge is 0.493 e. The maximum atomic E-state index is 12.4. The topological polar surface area (TPSA) is 57.7 Å². The van der Waals surface area contributed by atoms with Gasteiger partial charge >= 0.3 is 0 Å². The molecule has 5 heteroatoms. The predicted molar refractivity (Wildman–Crippen MR) is 78.4 cm³/mol. The van der Waals surface area contributed by atoms with Crippen LogP contribution in [0.15, 0.2) is 36.7 Å². The molecule has 1 heterocycles. The number of rotatable bonds is 6. The van der Waals surface area contributed by atoms with Gasteiger partial charge in [-0.3, -0.25) is 9.78 Å². The van der Waals surface area contributed by atoms with Crippen LogP contribution in [-0.4, -0.2) is 32.1 Å². The van der Waals surface area contributed by atoms with Crippen LogP contribution in [-0.2, 0) is 6.42 Å². The van der Waals surface area contributed by atoms with Crippen molar-refractivity contribution in [2.75, 3.05) is 21.3 Å². The number of carbonyl (C=O) groups excluding carboxylic acids is 1. The summed E-state index contributed by atoms with van der Waals surface area (Å²) in [5.41, 5.74) is 1.37. The number of hydrogen-bond acceptors (Lipinski definition) is 5. The molecular weight excluding hydrogens is 270 g/mol. The number of hydrogen-bond donors (Lipinski definition) is 0. The van der Waals surface area contributed by atoms with E-state index in [1.54, 1.807) is 30.6 Å². The van der Waals surface area contributed by atoms with Gasteiger partial charge in [0, 0.05) is 24.4 Å². The van der Waals surface area contributed by atoms with Gasteiger partial charge in [-0.15, -0.1) is 0 Å². The molecular formula is C16H17NO4. The lowest BCUT2D eigenvalue weighted by atomic mass is 10.0. The van der Waals surface area contributed by atoms with E-state index in [9.17, 15) is 4.79 Å². The van der Waals surface area contributed by atoms with Crippen molar-refractivity contribution in [2.24, 2.45) is 0 Å². The molecule has 1 aromatic carbocycles. The van der Waals surface area contributed by atoms with Gasteiger partial charge in [0.25, 0.3) is 0 Å². The number of ether oxygens (including phenoxy) is 3. The number of aromatic nitrogens is 1. The molecule has 2 rings (SSSR count). The van der Waals surface area contributed by atoms with Crippen LogP contribution >= 0.6 is 0 Å². The number of carbonyl (C=O) groups is 1. The molecule has 0 bridgehead atoms. The zero-order valence-electron chi connectivity index (χ0n) is 12.3. The van der Waals surface area contributed by atoms with Gasteiger partial charge in [-0.05, 0) is 23.8 Å². The normalized spacial score (nSPS) is 10.0. The third-order valence-electron chi connectivity index (χ3n) is 3.07. The fraction of sp³-hybridized carbons (Fsp3) is 0.250. The fourth-order valence-electron chi connectivity index (χ4n) is 2.03. The van der Waals surface area contributed by atoms with Gasteiger partial charge < -0.3 is 14.2 Å². The van der Waals surface area contributed by atoms with Crippen molar-refractivity contribution in [2.45, 2.75) is 6.42 Å². The average Bonchev–Trinajstić information content (AvgIpc) is 2.54. The van der Waals surface area contributed by atoms with E-state index in [0.29, 0.717) is 22.8 Å². The summed E-state index contributed by atoms with van der Waals surface area (Å²) in [5, 5.41) is 0. The number of benzene rings is 1. The zero-order valence-corrected chi connectivity index (χ0v) is 12.3. The maximum absolute atomic E-state index is 12.4. The lowest BCUT2D eigenvalue weighted by Gasteiger charge is -2.13. The molecule has 0 unspecified atom stereocenters. The highest BCUT2D eigenvalue weighted by atomic mass is 16.5. The molecule has 0 saturated heterocycles. The summed E-state index contributed by atoms with van der Waals surface area (Å²) in [5.74, 6) is 1.36. The SMILES string of the molecule is COc1cc(C(=O)Cc2cccnc2)cc(OC)c1OC. The zero-order chi connectivity index (χ0) is 15.2. The minimum Gasteiger partial charge on any atom is -0.493 e. The molecule has 0 radical (unpaired) electrons. The monoisotopic (exact) mass is 287 g/mol. The van der Waals surface area contributed by atoms with Crippen LogP contribution < -0.4 is 14.2 Å². The van der Waals surface area contributed by atoms with Crippen molar-refractivity contribution in [1.82, 2.24) is 4.98 Å². The highest BCUT2D eigenvalue weighted by Gasteiger charge is 2.17. The number of methoxy groups -OCH3 is 3. The van der Waals surface area contributed by atoms with E-state index >= 15 is 0 Å². The molecule has 0 spiro atoms. The van der Waals surface area contributed by atoms with E-state index in [4.69, 9.17) is 14.2 Å². The predicted octanol–water partition coefficient (Wildman–Crippen LogP) is 2.53. The summed E-state index contributed by atoms with van der Waals surface area (Å²) in [4.78, 5) is 16.4. The Hall–Kier alpha value is -2.56. The van der Waals surface area contributed by atoms with Crippen LogP contribution in [0, 0.1) is 0 Å². The molecule has 5 nitrogen and oxygen atoms in total. The van der Waals surface area contributed by atoms with Gasteiger partial charge in [0.1, 0.15) is 0 Å². The minimum atomic E-state index is -0.0396. The molecule has 2 aromatic rings. The lowest BCUT2D eigenvalue weighted by Crippen LogP contribution is -2.06. The number of ketones is 1. The van der Waals surface area contributed by atoms with Gasteiger partial charge in [0.2, 0.25) is 5.75 Å². The van der Waals surface area contributed by atoms with E-state index in [0.717, 1.165) is 5.56 Å². The molecule has 110 valence electrons. The van der Waals surface area contributed by atoms with Crippen molar-refractivity contribution in [3.8, 4) is 17.2 Å². The van der Waals surface area contributed by atoms with Crippen LogP contribution in [0.3, 0.4) is 0 Å². The first-order chi connectivity index (χ1) is 10.2. The van der Waals surface area contributed by atoms with Crippen LogP contribution in [0.4, 0.5) is 0 Å². The summed E-state index contributed by atoms with van der Waals surface area (Å²) in [6, 6.07) is 6.97. The van der Waals surface area contributed by atoms with Crippen LogP contribution in [0.5, 0.6) is 17.2 Å². The van der Waals surface area contributed by atoms with E-state index in [2.05, 4.69) is 4.98 Å². The number of Topliss-reactive ketones (excluding diaryl/α,β-unsaturated/α-hetero) is 1. The second-order valence-electron chi connectivity index (χ2n) is 4.38. The maximum Gasteiger partial charge on any atom is 0.203 e. The lowest BCUT2D eigenvalue weighted by molar-refractivity contribution is 0.0992. The first-order valence-electron chi connectivity index (χ1n) is 6.41. The van der Waals surface area contributed by atoms with E-state index < -0.39 is 0 Å². The average molecular weight is 287 g/mol. The minimum absolute atomic E-state index is 0.0396. The van der Waals surface area contributed by atoms with Gasteiger partial charge in [-0.25, -0.2) is 0 Å². The molecule has 0 fully saturated rings. The van der Waals surface area contributed by atoms with E-state index in [-0.39, 0.29) is 12.2 Å². The number of pyridine rings is 1. The Bertz CT molecular complexity index is 600. The number of nitrogens with zero attached hydrogens (tertiary/aromatic N) is 1. The molecule has 0 N–H and O–H groups in total. The van der Waals surface area contributed by atoms with Crippen molar-refractivity contribution < 1.29 is 19.0 Å². The Balaban J connectivity index is 2.33. The smallest absolute Gasteiger partial charge is 0.203 e. The molecule has 0 aliphatic carbocycles. The first-order valence-corrected chi connectivity index (χ1v) is 6.41. The van der Waals surface area contributed by atoms with Crippen LogP contribution in [0.1, 0.15) is 15.9 Å². The summed E-state index contributed by atoms with van der Waals surface area (Å²) in [7, 11) is 4.57. The molecule has 0 aliphatic heterocycles. The second-order valence-corrected chi connectivity index (χ2v) is 4.38. The molecule has 0 atom stereocenters. The summed E-state index contributed by atoms with van der Waals surface area (Å²) < 4.78 is 15.7. The standard InChI is InChI=1S/C16H17NO4/c1-19-14-8-12(9-15(20-2)16(14)21-3)13(18)7-11-5-4-6-17-10-11/h4-6,8-10H,7H2,1-3H3. The molecule has 0 saturated carbocycles. The van der Waals surface area contributed by atoms with Crippen molar-refractivity contribution >= 4 is 5.78 Å². The van der Waals surface area contributed by atoms with Crippen LogP contribution in [0.25, 0.3) is 0 Å². The van der Waals surface area contributed by atoms with Crippen LogP contribution in [0.2, 0.25) is 0 Å². The molecule has 21 heavy (non-hydrogen) atoms. The summed E-state index contributed by atoms with van der Waals surface area (Å²) >= 11 is 0. The fourth-order valence-corrected chi connectivity index (χ4v) is 2.03.